The Hall–Kier alpha value is -1.46. The summed E-state index contributed by atoms with van der Waals surface area (Å²) < 4.78 is 14.4. The molecular weight excluding hydrogens is 233 g/mol. The molecule has 1 aromatic heterocycles. The van der Waals surface area contributed by atoms with Crippen LogP contribution in [0.15, 0.2) is 24.4 Å². The Morgan fingerprint density at radius 1 is 1.44 bits per heavy atom. The molecule has 0 saturated heterocycles. The first-order chi connectivity index (χ1) is 7.70. The van der Waals surface area contributed by atoms with Gasteiger partial charge in [-0.15, -0.1) is 5.10 Å². The van der Waals surface area contributed by atoms with Gasteiger partial charge in [-0.05, 0) is 12.1 Å². The van der Waals surface area contributed by atoms with E-state index >= 15 is 0 Å². The molecule has 0 atom stereocenters. The standard InChI is InChI=1S/C10H9ClFN3O/c11-9-2-1-7(12)5-10(9)15-6-8(3-4-16)13-14-15/h1-2,5-6,16H,3-4H2. The number of aromatic nitrogens is 3. The largest absolute Gasteiger partial charge is 0.396 e. The number of hydrogen-bond acceptors (Lipinski definition) is 3. The average molecular weight is 242 g/mol. The molecule has 0 fully saturated rings. The maximum absolute atomic E-state index is 13.0. The van der Waals surface area contributed by atoms with Crippen molar-refractivity contribution in [2.24, 2.45) is 0 Å². The summed E-state index contributed by atoms with van der Waals surface area (Å²) in [5.41, 5.74) is 1.06. The SMILES string of the molecule is OCCc1cn(-c2cc(F)ccc2Cl)nn1. The van der Waals surface area contributed by atoms with Gasteiger partial charge in [-0.3, -0.25) is 0 Å². The van der Waals surface area contributed by atoms with Crippen LogP contribution in [0.1, 0.15) is 5.69 Å². The second-order valence-electron chi connectivity index (χ2n) is 3.22. The average Bonchev–Trinajstić information content (AvgIpc) is 2.71. The quantitative estimate of drug-likeness (QED) is 0.888. The molecule has 1 N–H and O–H groups in total. The maximum atomic E-state index is 13.0. The Morgan fingerprint density at radius 2 is 2.25 bits per heavy atom. The third kappa shape index (κ3) is 2.20. The lowest BCUT2D eigenvalue weighted by molar-refractivity contribution is 0.298. The Morgan fingerprint density at radius 3 is 3.00 bits per heavy atom. The summed E-state index contributed by atoms with van der Waals surface area (Å²) in [6.45, 7) is -0.00439. The molecule has 0 amide bonds. The molecule has 0 aliphatic carbocycles. The van der Waals surface area contributed by atoms with Crippen LogP contribution in [0.5, 0.6) is 0 Å². The summed E-state index contributed by atoms with van der Waals surface area (Å²) in [5.74, 6) is -0.390. The van der Waals surface area contributed by atoms with E-state index in [0.29, 0.717) is 22.8 Å². The van der Waals surface area contributed by atoms with Gasteiger partial charge in [0.05, 0.1) is 22.6 Å². The van der Waals surface area contributed by atoms with Crippen molar-refractivity contribution in [2.75, 3.05) is 6.61 Å². The number of aliphatic hydroxyl groups excluding tert-OH is 1. The van der Waals surface area contributed by atoms with Gasteiger partial charge in [0, 0.05) is 19.1 Å². The third-order valence-electron chi connectivity index (χ3n) is 2.06. The molecule has 84 valence electrons. The molecule has 0 bridgehead atoms. The topological polar surface area (TPSA) is 50.9 Å². The molecular formula is C10H9ClFN3O. The van der Waals surface area contributed by atoms with Gasteiger partial charge < -0.3 is 5.11 Å². The fraction of sp³-hybridized carbons (Fsp3) is 0.200. The molecule has 0 saturated carbocycles. The number of nitrogens with zero attached hydrogens (tertiary/aromatic N) is 3. The van der Waals surface area contributed by atoms with E-state index in [4.69, 9.17) is 16.7 Å². The highest BCUT2D eigenvalue weighted by molar-refractivity contribution is 6.32. The lowest BCUT2D eigenvalue weighted by atomic mass is 10.3. The highest BCUT2D eigenvalue weighted by atomic mass is 35.5. The number of hydrogen-bond donors (Lipinski definition) is 1. The van der Waals surface area contributed by atoms with Crippen LogP contribution in [0.4, 0.5) is 4.39 Å². The van der Waals surface area contributed by atoms with Crippen LogP contribution in [0.2, 0.25) is 5.02 Å². The van der Waals surface area contributed by atoms with E-state index in [0.717, 1.165) is 0 Å². The first kappa shape index (κ1) is 11.0. The van der Waals surface area contributed by atoms with Crippen molar-refractivity contribution >= 4 is 11.6 Å². The highest BCUT2D eigenvalue weighted by Crippen LogP contribution is 2.20. The molecule has 6 heteroatoms. The van der Waals surface area contributed by atoms with E-state index in [1.165, 1.54) is 22.9 Å². The van der Waals surface area contributed by atoms with Gasteiger partial charge in [0.2, 0.25) is 0 Å². The molecule has 16 heavy (non-hydrogen) atoms. The fourth-order valence-corrected chi connectivity index (χ4v) is 1.51. The van der Waals surface area contributed by atoms with Gasteiger partial charge in [-0.1, -0.05) is 16.8 Å². The van der Waals surface area contributed by atoms with Crippen molar-refractivity contribution < 1.29 is 9.50 Å². The van der Waals surface area contributed by atoms with Gasteiger partial charge >= 0.3 is 0 Å². The number of aliphatic hydroxyl groups is 1. The van der Waals surface area contributed by atoms with E-state index < -0.39 is 5.82 Å². The minimum atomic E-state index is -0.390. The van der Waals surface area contributed by atoms with Gasteiger partial charge in [0.15, 0.2) is 0 Å². The first-order valence-corrected chi connectivity index (χ1v) is 5.06. The highest BCUT2D eigenvalue weighted by Gasteiger charge is 2.07. The van der Waals surface area contributed by atoms with Crippen molar-refractivity contribution in [1.82, 2.24) is 15.0 Å². The predicted octanol–water partition coefficient (Wildman–Crippen LogP) is 1.59. The normalized spacial score (nSPS) is 10.7. The summed E-state index contributed by atoms with van der Waals surface area (Å²) in [7, 11) is 0. The van der Waals surface area contributed by atoms with Gasteiger partial charge in [-0.2, -0.15) is 0 Å². The monoisotopic (exact) mass is 241 g/mol. The second kappa shape index (κ2) is 4.59. The Labute approximate surface area is 96.3 Å². The summed E-state index contributed by atoms with van der Waals surface area (Å²) >= 11 is 5.91. The predicted molar refractivity (Wildman–Crippen MR) is 57.1 cm³/mol. The van der Waals surface area contributed by atoms with Gasteiger partial charge in [0.1, 0.15) is 5.82 Å². The van der Waals surface area contributed by atoms with Crippen molar-refractivity contribution in [1.29, 1.82) is 0 Å². The van der Waals surface area contributed by atoms with E-state index in [9.17, 15) is 4.39 Å². The molecule has 0 spiro atoms. The zero-order valence-electron chi connectivity index (χ0n) is 8.27. The smallest absolute Gasteiger partial charge is 0.125 e. The zero-order valence-corrected chi connectivity index (χ0v) is 9.02. The molecule has 2 aromatic rings. The summed E-state index contributed by atoms with van der Waals surface area (Å²) in [4.78, 5) is 0. The molecule has 2 rings (SSSR count). The molecule has 0 aliphatic rings. The Kier molecular flexibility index (Phi) is 3.17. The van der Waals surface area contributed by atoms with Crippen LogP contribution < -0.4 is 0 Å². The summed E-state index contributed by atoms with van der Waals surface area (Å²) in [6.07, 6.45) is 2.02. The van der Waals surface area contributed by atoms with Crippen LogP contribution in [-0.2, 0) is 6.42 Å². The van der Waals surface area contributed by atoms with Crippen LogP contribution in [0.25, 0.3) is 5.69 Å². The maximum Gasteiger partial charge on any atom is 0.125 e. The lowest BCUT2D eigenvalue weighted by Gasteiger charge is -2.02. The van der Waals surface area contributed by atoms with Crippen molar-refractivity contribution in [3.8, 4) is 5.69 Å². The van der Waals surface area contributed by atoms with Crippen molar-refractivity contribution in [2.45, 2.75) is 6.42 Å². The second-order valence-corrected chi connectivity index (χ2v) is 3.63. The van der Waals surface area contributed by atoms with E-state index in [1.807, 2.05) is 0 Å². The molecule has 0 aliphatic heterocycles. The molecule has 1 aromatic carbocycles. The van der Waals surface area contributed by atoms with E-state index in [2.05, 4.69) is 10.3 Å². The fourth-order valence-electron chi connectivity index (χ4n) is 1.31. The molecule has 0 unspecified atom stereocenters. The van der Waals surface area contributed by atoms with Crippen LogP contribution in [-0.4, -0.2) is 26.7 Å². The Balaban J connectivity index is 2.38. The minimum Gasteiger partial charge on any atom is -0.396 e. The minimum absolute atomic E-state index is 0.00439. The van der Waals surface area contributed by atoms with Crippen molar-refractivity contribution in [3.05, 3.63) is 40.9 Å². The molecule has 4 nitrogen and oxygen atoms in total. The Bertz CT molecular complexity index is 501. The van der Waals surface area contributed by atoms with E-state index in [1.54, 1.807) is 6.20 Å². The number of benzene rings is 1. The van der Waals surface area contributed by atoms with Crippen LogP contribution >= 0.6 is 11.6 Å². The van der Waals surface area contributed by atoms with Gasteiger partial charge in [0.25, 0.3) is 0 Å². The van der Waals surface area contributed by atoms with Crippen LogP contribution in [0.3, 0.4) is 0 Å². The number of halogens is 2. The zero-order chi connectivity index (χ0) is 11.5. The van der Waals surface area contributed by atoms with Crippen molar-refractivity contribution in [3.63, 3.8) is 0 Å². The van der Waals surface area contributed by atoms with E-state index in [-0.39, 0.29) is 6.61 Å². The lowest BCUT2D eigenvalue weighted by Crippen LogP contribution is -1.96. The summed E-state index contributed by atoms with van der Waals surface area (Å²) in [6, 6.07) is 4.01. The number of rotatable bonds is 3. The molecule has 1 heterocycles. The third-order valence-corrected chi connectivity index (χ3v) is 2.38. The first-order valence-electron chi connectivity index (χ1n) is 4.68. The molecule has 0 radical (unpaired) electrons. The van der Waals surface area contributed by atoms with Crippen LogP contribution in [0, 0.1) is 5.82 Å². The van der Waals surface area contributed by atoms with Gasteiger partial charge in [-0.25, -0.2) is 9.07 Å². The summed E-state index contributed by atoms with van der Waals surface area (Å²) in [5, 5.41) is 16.8.